The van der Waals surface area contributed by atoms with Gasteiger partial charge in [-0.1, -0.05) is 24.3 Å². The highest BCUT2D eigenvalue weighted by atomic mass is 32.1. The van der Waals surface area contributed by atoms with Crippen molar-refractivity contribution in [2.24, 2.45) is 0 Å². The number of carbonyl (C=O) groups excluding carboxylic acids is 1. The van der Waals surface area contributed by atoms with Crippen molar-refractivity contribution in [2.45, 2.75) is 6.92 Å². The maximum atomic E-state index is 12.7. The van der Waals surface area contributed by atoms with Crippen LogP contribution in [0.25, 0.3) is 32.1 Å². The van der Waals surface area contributed by atoms with E-state index in [0.29, 0.717) is 17.0 Å². The summed E-state index contributed by atoms with van der Waals surface area (Å²) in [5.41, 5.74) is 3.99. The first-order chi connectivity index (χ1) is 16.0. The highest BCUT2D eigenvalue weighted by Gasteiger charge is 2.16. The van der Waals surface area contributed by atoms with E-state index in [-0.39, 0.29) is 11.4 Å². The summed E-state index contributed by atoms with van der Waals surface area (Å²) in [6.45, 7) is 1.92. The molecule has 0 saturated heterocycles. The Morgan fingerprint density at radius 1 is 1.00 bits per heavy atom. The Hall–Kier alpha value is -4.30. The molecule has 33 heavy (non-hydrogen) atoms. The van der Waals surface area contributed by atoms with Gasteiger partial charge in [-0.3, -0.25) is 14.9 Å². The Morgan fingerprint density at radius 3 is 2.64 bits per heavy atom. The summed E-state index contributed by atoms with van der Waals surface area (Å²) in [5, 5.41) is 14.8. The fourth-order valence-electron chi connectivity index (χ4n) is 3.50. The van der Waals surface area contributed by atoms with Crippen molar-refractivity contribution >= 4 is 38.8 Å². The van der Waals surface area contributed by atoms with E-state index in [0.717, 1.165) is 26.4 Å². The number of furan rings is 1. The van der Waals surface area contributed by atoms with Crippen LogP contribution >= 0.6 is 11.3 Å². The molecule has 1 N–H and O–H groups in total. The lowest BCUT2D eigenvalue weighted by Crippen LogP contribution is -2.11. The largest absolute Gasteiger partial charge is 0.451 e. The van der Waals surface area contributed by atoms with Crippen LogP contribution in [0.15, 0.2) is 83.3 Å². The third kappa shape index (κ3) is 4.11. The molecule has 5 rings (SSSR count). The minimum Gasteiger partial charge on any atom is -0.451 e. The lowest BCUT2D eigenvalue weighted by Gasteiger charge is -2.08. The zero-order valence-corrected chi connectivity index (χ0v) is 18.3. The number of hydrogen-bond acceptors (Lipinski definition) is 6. The van der Waals surface area contributed by atoms with Crippen molar-refractivity contribution in [3.63, 3.8) is 0 Å². The molecule has 0 saturated carbocycles. The number of nitrogens with one attached hydrogen (secondary N) is 1. The standard InChI is InChI=1S/C25H17N3O4S/c1-15-13-17(25-27-20-7-2-3-8-23(20)33-25)9-10-19(15)26-24(29)22-12-11-21(32-22)16-5-4-6-18(14-16)28(30)31/h2-14H,1H3,(H,26,29). The number of fused-ring (bicyclic) bond motifs is 1. The van der Waals surface area contributed by atoms with Crippen LogP contribution in [0.4, 0.5) is 11.4 Å². The minimum absolute atomic E-state index is 0.0428. The number of para-hydroxylation sites is 1. The number of nitrogens with zero attached hydrogens (tertiary/aromatic N) is 2. The highest BCUT2D eigenvalue weighted by Crippen LogP contribution is 2.32. The van der Waals surface area contributed by atoms with Gasteiger partial charge < -0.3 is 9.73 Å². The Morgan fingerprint density at radius 2 is 1.85 bits per heavy atom. The van der Waals surface area contributed by atoms with Crippen LogP contribution < -0.4 is 5.32 Å². The van der Waals surface area contributed by atoms with Crippen molar-refractivity contribution in [1.29, 1.82) is 0 Å². The van der Waals surface area contributed by atoms with Gasteiger partial charge in [0.15, 0.2) is 5.76 Å². The van der Waals surface area contributed by atoms with E-state index in [9.17, 15) is 14.9 Å². The monoisotopic (exact) mass is 455 g/mol. The van der Waals surface area contributed by atoms with Crippen LogP contribution in [0.5, 0.6) is 0 Å². The third-order valence-corrected chi connectivity index (χ3v) is 6.27. The first kappa shape index (κ1) is 20.6. The molecule has 0 spiro atoms. The van der Waals surface area contributed by atoms with Gasteiger partial charge in [-0.2, -0.15) is 0 Å². The Labute approximate surface area is 192 Å². The van der Waals surface area contributed by atoms with Gasteiger partial charge in [0, 0.05) is 28.9 Å². The number of carbonyl (C=O) groups is 1. The maximum absolute atomic E-state index is 12.7. The average Bonchev–Trinajstić information content (AvgIpc) is 3.48. The summed E-state index contributed by atoms with van der Waals surface area (Å²) in [6.07, 6.45) is 0. The van der Waals surface area contributed by atoms with Crippen molar-refractivity contribution in [2.75, 3.05) is 5.32 Å². The fourth-order valence-corrected chi connectivity index (χ4v) is 4.47. The second kappa shape index (κ2) is 8.33. The van der Waals surface area contributed by atoms with Gasteiger partial charge in [0.05, 0.1) is 15.1 Å². The van der Waals surface area contributed by atoms with Crippen LogP contribution in [0.2, 0.25) is 0 Å². The van der Waals surface area contributed by atoms with Crippen molar-refractivity contribution in [3.05, 3.63) is 100 Å². The second-order valence-corrected chi connectivity index (χ2v) is 8.47. The number of nitro benzene ring substituents is 1. The van der Waals surface area contributed by atoms with E-state index in [2.05, 4.69) is 10.3 Å². The smallest absolute Gasteiger partial charge is 0.291 e. The molecule has 3 aromatic carbocycles. The quantitative estimate of drug-likeness (QED) is 0.235. The van der Waals surface area contributed by atoms with E-state index < -0.39 is 10.8 Å². The highest BCUT2D eigenvalue weighted by molar-refractivity contribution is 7.21. The number of rotatable bonds is 5. The van der Waals surface area contributed by atoms with Gasteiger partial charge in [0.25, 0.3) is 11.6 Å². The normalized spacial score (nSPS) is 10.9. The molecule has 0 unspecified atom stereocenters. The molecule has 1 amide bonds. The molecule has 162 valence electrons. The number of non-ortho nitro benzene ring substituents is 1. The lowest BCUT2D eigenvalue weighted by molar-refractivity contribution is -0.384. The summed E-state index contributed by atoms with van der Waals surface area (Å²) < 4.78 is 6.79. The van der Waals surface area contributed by atoms with Crippen LogP contribution in [-0.2, 0) is 0 Å². The van der Waals surface area contributed by atoms with E-state index in [1.54, 1.807) is 35.6 Å². The fraction of sp³-hybridized carbons (Fsp3) is 0.0400. The zero-order chi connectivity index (χ0) is 22.9. The number of aryl methyl sites for hydroxylation is 1. The molecule has 0 aliphatic heterocycles. The number of amides is 1. The SMILES string of the molecule is Cc1cc(-c2nc3ccccc3s2)ccc1NC(=O)c1ccc(-c2cccc([N+](=O)[O-])c2)o1. The third-order valence-electron chi connectivity index (χ3n) is 5.19. The number of thiazole rings is 1. The first-order valence-electron chi connectivity index (χ1n) is 10.1. The summed E-state index contributed by atoms with van der Waals surface area (Å²) in [7, 11) is 0. The van der Waals surface area contributed by atoms with E-state index >= 15 is 0 Å². The number of aromatic nitrogens is 1. The second-order valence-electron chi connectivity index (χ2n) is 7.44. The van der Waals surface area contributed by atoms with Gasteiger partial charge in [0.2, 0.25) is 0 Å². The number of benzene rings is 3. The van der Waals surface area contributed by atoms with E-state index in [1.807, 2.05) is 49.4 Å². The van der Waals surface area contributed by atoms with Crippen molar-refractivity contribution in [3.8, 4) is 21.9 Å². The molecule has 0 aliphatic rings. The van der Waals surface area contributed by atoms with Gasteiger partial charge in [-0.15, -0.1) is 11.3 Å². The van der Waals surface area contributed by atoms with Crippen molar-refractivity contribution < 1.29 is 14.1 Å². The molecule has 0 aliphatic carbocycles. The van der Waals surface area contributed by atoms with Gasteiger partial charge in [-0.05, 0) is 55.0 Å². The first-order valence-corrected chi connectivity index (χ1v) is 10.9. The van der Waals surface area contributed by atoms with Crippen LogP contribution in [0.3, 0.4) is 0 Å². The number of nitro groups is 1. The number of anilines is 1. The molecule has 0 atom stereocenters. The predicted molar refractivity (Wildman–Crippen MR) is 129 cm³/mol. The van der Waals surface area contributed by atoms with Crippen LogP contribution in [0, 0.1) is 17.0 Å². The molecule has 2 heterocycles. The Bertz CT molecular complexity index is 1490. The summed E-state index contributed by atoms with van der Waals surface area (Å²) in [6, 6.07) is 23.0. The van der Waals surface area contributed by atoms with Crippen LogP contribution in [-0.4, -0.2) is 15.8 Å². The summed E-state index contributed by atoms with van der Waals surface area (Å²) >= 11 is 1.62. The van der Waals surface area contributed by atoms with Crippen LogP contribution in [0.1, 0.15) is 16.1 Å². The lowest BCUT2D eigenvalue weighted by atomic mass is 10.1. The van der Waals surface area contributed by atoms with Gasteiger partial charge in [0.1, 0.15) is 10.8 Å². The van der Waals surface area contributed by atoms with E-state index in [1.165, 1.54) is 12.1 Å². The van der Waals surface area contributed by atoms with Crippen molar-refractivity contribution in [1.82, 2.24) is 4.98 Å². The zero-order valence-electron chi connectivity index (χ0n) is 17.4. The Kier molecular flexibility index (Phi) is 5.20. The number of hydrogen-bond donors (Lipinski definition) is 1. The molecule has 0 radical (unpaired) electrons. The molecule has 5 aromatic rings. The van der Waals surface area contributed by atoms with E-state index in [4.69, 9.17) is 4.42 Å². The topological polar surface area (TPSA) is 98.3 Å². The predicted octanol–water partition coefficient (Wildman–Crippen LogP) is 6.69. The molecule has 7 nitrogen and oxygen atoms in total. The summed E-state index contributed by atoms with van der Waals surface area (Å²) in [4.78, 5) is 27.9. The van der Waals surface area contributed by atoms with Gasteiger partial charge in [-0.25, -0.2) is 4.98 Å². The minimum atomic E-state index is -0.471. The maximum Gasteiger partial charge on any atom is 0.291 e. The molecule has 0 bridgehead atoms. The van der Waals surface area contributed by atoms with Gasteiger partial charge >= 0.3 is 0 Å². The molecule has 8 heteroatoms. The molecular weight excluding hydrogens is 438 g/mol. The Balaban J connectivity index is 1.35. The molecule has 0 fully saturated rings. The average molecular weight is 455 g/mol. The molecular formula is C25H17N3O4S. The summed E-state index contributed by atoms with van der Waals surface area (Å²) in [5.74, 6) is 0.0976. The molecule has 2 aromatic heterocycles.